The van der Waals surface area contributed by atoms with Crippen LogP contribution in [-0.4, -0.2) is 26.0 Å². The first-order valence-corrected chi connectivity index (χ1v) is 6.92. The van der Waals surface area contributed by atoms with Crippen LogP contribution in [0.15, 0.2) is 42.5 Å². The molecule has 0 heterocycles. The van der Waals surface area contributed by atoms with Crippen molar-refractivity contribution in [3.63, 3.8) is 0 Å². The maximum absolute atomic E-state index is 13.5. The van der Waals surface area contributed by atoms with E-state index < -0.39 is 11.7 Å². The van der Waals surface area contributed by atoms with Crippen molar-refractivity contribution in [1.82, 2.24) is 0 Å². The molecule has 0 unspecified atom stereocenters. The van der Waals surface area contributed by atoms with Crippen molar-refractivity contribution in [2.24, 2.45) is 0 Å². The van der Waals surface area contributed by atoms with Crippen LogP contribution in [0.2, 0.25) is 0 Å². The number of rotatable bonds is 4. The molecule has 2 amide bonds. The molecule has 6 heteroatoms. The van der Waals surface area contributed by atoms with E-state index in [1.807, 2.05) is 0 Å². The van der Waals surface area contributed by atoms with Crippen LogP contribution in [0.5, 0.6) is 5.75 Å². The van der Waals surface area contributed by atoms with Crippen molar-refractivity contribution in [2.75, 3.05) is 24.4 Å². The number of carbonyl (C=O) groups is 2. The molecule has 0 spiro atoms. The summed E-state index contributed by atoms with van der Waals surface area (Å²) in [6.07, 6.45) is 0. The van der Waals surface area contributed by atoms with Gasteiger partial charge in [-0.05, 0) is 30.3 Å². The first-order valence-electron chi connectivity index (χ1n) is 6.92. The molecule has 2 rings (SSSR count). The predicted molar refractivity (Wildman–Crippen MR) is 86.4 cm³/mol. The van der Waals surface area contributed by atoms with Crippen LogP contribution in [-0.2, 0) is 4.79 Å². The molecule has 0 aromatic heterocycles. The number of hydrogen-bond donors (Lipinski definition) is 1. The fraction of sp³-hybridized carbons (Fsp3) is 0.176. The summed E-state index contributed by atoms with van der Waals surface area (Å²) in [6.45, 7) is 1.38. The summed E-state index contributed by atoms with van der Waals surface area (Å²) in [5.74, 6) is -0.792. The van der Waals surface area contributed by atoms with Crippen LogP contribution in [0.3, 0.4) is 0 Å². The number of ether oxygens (including phenoxy) is 1. The van der Waals surface area contributed by atoms with Gasteiger partial charge in [-0.1, -0.05) is 12.1 Å². The summed E-state index contributed by atoms with van der Waals surface area (Å²) < 4.78 is 18.7. The molecule has 0 radical (unpaired) electrons. The molecule has 0 aliphatic carbocycles. The molecule has 23 heavy (non-hydrogen) atoms. The smallest absolute Gasteiger partial charge is 0.259 e. The van der Waals surface area contributed by atoms with E-state index in [1.165, 1.54) is 37.1 Å². The van der Waals surface area contributed by atoms with Crippen molar-refractivity contribution in [3.8, 4) is 5.75 Å². The van der Waals surface area contributed by atoms with Crippen molar-refractivity contribution in [2.45, 2.75) is 6.92 Å². The zero-order valence-corrected chi connectivity index (χ0v) is 13.1. The Morgan fingerprint density at radius 3 is 2.52 bits per heavy atom. The van der Waals surface area contributed by atoms with Gasteiger partial charge in [0.05, 0.1) is 24.0 Å². The second-order valence-corrected chi connectivity index (χ2v) is 4.89. The molecule has 2 aromatic carbocycles. The Bertz CT molecular complexity index is 746. The van der Waals surface area contributed by atoms with Gasteiger partial charge < -0.3 is 15.0 Å². The normalized spacial score (nSPS) is 10.1. The molecular weight excluding hydrogens is 299 g/mol. The molecule has 1 N–H and O–H groups in total. The largest absolute Gasteiger partial charge is 0.496 e. The molecule has 0 saturated carbocycles. The van der Waals surface area contributed by atoms with E-state index in [0.29, 0.717) is 17.0 Å². The number of amides is 2. The fourth-order valence-corrected chi connectivity index (χ4v) is 2.09. The first kappa shape index (κ1) is 16.5. The summed E-state index contributed by atoms with van der Waals surface area (Å²) >= 11 is 0. The van der Waals surface area contributed by atoms with Gasteiger partial charge in [0.25, 0.3) is 5.91 Å². The van der Waals surface area contributed by atoms with E-state index in [9.17, 15) is 14.0 Å². The highest BCUT2D eigenvalue weighted by atomic mass is 19.1. The topological polar surface area (TPSA) is 58.6 Å². The Hall–Kier alpha value is -2.89. The summed E-state index contributed by atoms with van der Waals surface area (Å²) in [5, 5.41) is 2.63. The molecular formula is C17H17FN2O3. The van der Waals surface area contributed by atoms with Gasteiger partial charge >= 0.3 is 0 Å². The van der Waals surface area contributed by atoms with Crippen molar-refractivity contribution >= 4 is 23.2 Å². The van der Waals surface area contributed by atoms with Crippen molar-refractivity contribution < 1.29 is 18.7 Å². The Kier molecular flexibility index (Phi) is 4.95. The number of anilines is 2. The number of nitrogens with zero attached hydrogens (tertiary/aromatic N) is 1. The Morgan fingerprint density at radius 2 is 1.87 bits per heavy atom. The third-order valence-corrected chi connectivity index (χ3v) is 3.39. The molecule has 0 saturated heterocycles. The lowest BCUT2D eigenvalue weighted by atomic mass is 10.1. The van der Waals surface area contributed by atoms with Gasteiger partial charge in [0, 0.05) is 14.0 Å². The molecule has 0 fully saturated rings. The quantitative estimate of drug-likeness (QED) is 0.943. The lowest BCUT2D eigenvalue weighted by molar-refractivity contribution is -0.116. The number of halogens is 1. The number of carbonyl (C=O) groups excluding carboxylic acids is 2. The Labute approximate surface area is 133 Å². The van der Waals surface area contributed by atoms with E-state index in [-0.39, 0.29) is 11.6 Å². The van der Waals surface area contributed by atoms with Gasteiger partial charge in [0.1, 0.15) is 11.6 Å². The van der Waals surface area contributed by atoms with Crippen molar-refractivity contribution in [1.29, 1.82) is 0 Å². The van der Waals surface area contributed by atoms with Crippen LogP contribution in [0.25, 0.3) is 0 Å². The standard InChI is InChI=1S/C17H17FN2O3/c1-11(21)20(2)15-9-8-12(18)10-14(15)19-17(22)13-6-4-5-7-16(13)23-3/h4-10H,1-3H3,(H,19,22). The maximum Gasteiger partial charge on any atom is 0.259 e. The van der Waals surface area contributed by atoms with Crippen LogP contribution in [0.4, 0.5) is 15.8 Å². The lowest BCUT2D eigenvalue weighted by Gasteiger charge is -2.20. The summed E-state index contributed by atoms with van der Waals surface area (Å²) in [5.41, 5.74) is 0.927. The second kappa shape index (κ2) is 6.91. The third kappa shape index (κ3) is 3.66. The summed E-state index contributed by atoms with van der Waals surface area (Å²) in [4.78, 5) is 25.3. The molecule has 120 valence electrons. The SMILES string of the molecule is COc1ccccc1C(=O)Nc1cc(F)ccc1N(C)C(C)=O. The molecule has 5 nitrogen and oxygen atoms in total. The van der Waals surface area contributed by atoms with Crippen molar-refractivity contribution in [3.05, 3.63) is 53.8 Å². The Balaban J connectivity index is 2.37. The van der Waals surface area contributed by atoms with E-state index >= 15 is 0 Å². The van der Waals surface area contributed by atoms with Gasteiger partial charge in [-0.2, -0.15) is 0 Å². The minimum absolute atomic E-state index is 0.207. The maximum atomic E-state index is 13.5. The Morgan fingerprint density at radius 1 is 1.17 bits per heavy atom. The zero-order valence-electron chi connectivity index (χ0n) is 13.1. The highest BCUT2D eigenvalue weighted by Crippen LogP contribution is 2.28. The fourth-order valence-electron chi connectivity index (χ4n) is 2.09. The average Bonchev–Trinajstić information content (AvgIpc) is 2.54. The molecule has 2 aromatic rings. The minimum Gasteiger partial charge on any atom is -0.496 e. The van der Waals surface area contributed by atoms with E-state index in [0.717, 1.165) is 0 Å². The highest BCUT2D eigenvalue weighted by molar-refractivity contribution is 6.08. The van der Waals surface area contributed by atoms with Gasteiger partial charge in [-0.15, -0.1) is 0 Å². The van der Waals surface area contributed by atoms with E-state index in [4.69, 9.17) is 4.74 Å². The molecule has 0 bridgehead atoms. The molecule has 0 aliphatic rings. The van der Waals surface area contributed by atoms with Crippen LogP contribution in [0, 0.1) is 5.82 Å². The number of para-hydroxylation sites is 1. The minimum atomic E-state index is -0.513. The first-order chi connectivity index (χ1) is 10.9. The molecule has 0 aliphatic heterocycles. The van der Waals surface area contributed by atoms with Gasteiger partial charge in [-0.3, -0.25) is 9.59 Å². The molecule has 0 atom stereocenters. The number of benzene rings is 2. The average molecular weight is 316 g/mol. The van der Waals surface area contributed by atoms with Crippen LogP contribution in [0.1, 0.15) is 17.3 Å². The van der Waals surface area contributed by atoms with Gasteiger partial charge in [0.2, 0.25) is 5.91 Å². The number of nitrogens with one attached hydrogen (secondary N) is 1. The lowest BCUT2D eigenvalue weighted by Crippen LogP contribution is -2.25. The van der Waals surface area contributed by atoms with E-state index in [2.05, 4.69) is 5.32 Å². The predicted octanol–water partition coefficient (Wildman–Crippen LogP) is 3.07. The number of hydrogen-bond acceptors (Lipinski definition) is 3. The zero-order chi connectivity index (χ0) is 17.0. The van der Waals surface area contributed by atoms with Gasteiger partial charge in [0.15, 0.2) is 0 Å². The number of methoxy groups -OCH3 is 1. The monoisotopic (exact) mass is 316 g/mol. The van der Waals surface area contributed by atoms with E-state index in [1.54, 1.807) is 31.3 Å². The van der Waals surface area contributed by atoms with Crippen LogP contribution >= 0.6 is 0 Å². The second-order valence-electron chi connectivity index (χ2n) is 4.89. The summed E-state index contributed by atoms with van der Waals surface area (Å²) in [6, 6.07) is 10.5. The highest BCUT2D eigenvalue weighted by Gasteiger charge is 2.17. The van der Waals surface area contributed by atoms with Crippen LogP contribution < -0.4 is 15.0 Å². The van der Waals surface area contributed by atoms with Gasteiger partial charge in [-0.25, -0.2) is 4.39 Å². The summed E-state index contributed by atoms with van der Waals surface area (Å²) in [7, 11) is 3.01. The third-order valence-electron chi connectivity index (χ3n) is 3.39.